The number of benzene rings is 7. The summed E-state index contributed by atoms with van der Waals surface area (Å²) in [6, 6.07) is 53.4. The van der Waals surface area contributed by atoms with Gasteiger partial charge in [-0.25, -0.2) is 0 Å². The van der Waals surface area contributed by atoms with Crippen molar-refractivity contribution in [2.24, 2.45) is 0 Å². The van der Waals surface area contributed by atoms with Crippen LogP contribution in [0.25, 0.3) is 75.2 Å². The summed E-state index contributed by atoms with van der Waals surface area (Å²) in [6.07, 6.45) is 0. The van der Waals surface area contributed by atoms with Crippen LogP contribution in [-0.4, -0.2) is 0 Å². The van der Waals surface area contributed by atoms with Gasteiger partial charge in [-0.2, -0.15) is 0 Å². The fourth-order valence-electron chi connectivity index (χ4n) is 7.03. The fourth-order valence-corrected chi connectivity index (χ4v) is 8.16. The highest BCUT2D eigenvalue weighted by atomic mass is 32.1. The molecule has 0 N–H and O–H groups in total. The van der Waals surface area contributed by atoms with E-state index in [1.807, 2.05) is 29.5 Å². The molecule has 3 aromatic heterocycles. The molecule has 0 spiro atoms. The first kappa shape index (κ1) is 25.5. The van der Waals surface area contributed by atoms with Crippen LogP contribution in [0.15, 0.2) is 160 Å². The molecule has 4 heteroatoms. The van der Waals surface area contributed by atoms with Gasteiger partial charge in [0.2, 0.25) is 0 Å². The molecule has 3 heterocycles. The lowest BCUT2D eigenvalue weighted by molar-refractivity contribution is 0.668. The fraction of sp³-hybridized carbons (Fsp3) is 0. The molecule has 0 saturated heterocycles. The van der Waals surface area contributed by atoms with E-state index in [1.165, 1.54) is 20.2 Å². The van der Waals surface area contributed by atoms with Gasteiger partial charge in [-0.15, -0.1) is 11.3 Å². The Morgan fingerprint density at radius 1 is 0.435 bits per heavy atom. The molecular weight excluding hydrogens is 583 g/mol. The van der Waals surface area contributed by atoms with Gasteiger partial charge >= 0.3 is 0 Å². The van der Waals surface area contributed by atoms with Crippen molar-refractivity contribution in [1.82, 2.24) is 0 Å². The predicted molar refractivity (Wildman–Crippen MR) is 194 cm³/mol. The van der Waals surface area contributed by atoms with Crippen molar-refractivity contribution in [2.75, 3.05) is 4.90 Å². The van der Waals surface area contributed by atoms with E-state index in [0.717, 1.165) is 72.1 Å². The largest absolute Gasteiger partial charge is 0.456 e. The number of anilines is 3. The average Bonchev–Trinajstić information content (AvgIpc) is 3.80. The number of para-hydroxylation sites is 3. The third kappa shape index (κ3) is 3.71. The van der Waals surface area contributed by atoms with Gasteiger partial charge in [0.05, 0.1) is 17.1 Å². The summed E-state index contributed by atoms with van der Waals surface area (Å²) in [6.45, 7) is 0. The number of nitrogens with zero attached hydrogens (tertiary/aromatic N) is 1. The molecular formula is C42H25NO2S. The summed E-state index contributed by atoms with van der Waals surface area (Å²) in [5.41, 5.74) is 8.79. The molecule has 0 fully saturated rings. The van der Waals surface area contributed by atoms with Crippen LogP contribution in [0, 0.1) is 0 Å². The van der Waals surface area contributed by atoms with E-state index in [-0.39, 0.29) is 0 Å². The Bertz CT molecular complexity index is 2770. The number of hydrogen-bond acceptors (Lipinski definition) is 4. The van der Waals surface area contributed by atoms with Gasteiger partial charge in [-0.1, -0.05) is 103 Å². The SMILES string of the molecule is c1ccc(-c2cccc3c2oc2c(N(c4ccc5c(c4)oc4ccccc45)c4cccc5sc6ccccc6c45)cccc23)cc1. The highest BCUT2D eigenvalue weighted by Gasteiger charge is 2.24. The molecule has 0 bridgehead atoms. The highest BCUT2D eigenvalue weighted by molar-refractivity contribution is 7.26. The van der Waals surface area contributed by atoms with Crippen molar-refractivity contribution in [1.29, 1.82) is 0 Å². The zero-order valence-electron chi connectivity index (χ0n) is 24.6. The highest BCUT2D eigenvalue weighted by Crippen LogP contribution is 2.48. The summed E-state index contributed by atoms with van der Waals surface area (Å²) in [5.74, 6) is 0. The van der Waals surface area contributed by atoms with Crippen LogP contribution < -0.4 is 4.90 Å². The van der Waals surface area contributed by atoms with E-state index in [0.29, 0.717) is 0 Å². The molecule has 0 aliphatic heterocycles. The maximum atomic E-state index is 6.95. The van der Waals surface area contributed by atoms with Crippen LogP contribution >= 0.6 is 11.3 Å². The van der Waals surface area contributed by atoms with E-state index < -0.39 is 0 Å². The molecule has 10 aromatic rings. The van der Waals surface area contributed by atoms with Crippen molar-refractivity contribution in [3.63, 3.8) is 0 Å². The van der Waals surface area contributed by atoms with Crippen LogP contribution in [0.3, 0.4) is 0 Å². The molecule has 46 heavy (non-hydrogen) atoms. The smallest absolute Gasteiger partial charge is 0.159 e. The first-order chi connectivity index (χ1) is 22.8. The minimum absolute atomic E-state index is 0.849. The Morgan fingerprint density at radius 3 is 2.02 bits per heavy atom. The number of fused-ring (bicyclic) bond motifs is 9. The van der Waals surface area contributed by atoms with Crippen molar-refractivity contribution in [2.45, 2.75) is 0 Å². The van der Waals surface area contributed by atoms with Crippen LogP contribution in [0.5, 0.6) is 0 Å². The third-order valence-corrected chi connectivity index (χ3v) is 10.2. The van der Waals surface area contributed by atoms with Crippen LogP contribution in [0.2, 0.25) is 0 Å². The molecule has 0 aliphatic rings. The molecule has 0 radical (unpaired) electrons. The summed E-state index contributed by atoms with van der Waals surface area (Å²) in [4.78, 5) is 2.35. The quantitative estimate of drug-likeness (QED) is 0.199. The molecule has 10 rings (SSSR count). The third-order valence-electron chi connectivity index (χ3n) is 9.07. The van der Waals surface area contributed by atoms with Crippen molar-refractivity contribution in [3.05, 3.63) is 152 Å². The Labute approximate surface area is 268 Å². The van der Waals surface area contributed by atoms with Gasteiger partial charge in [0.15, 0.2) is 5.58 Å². The summed E-state index contributed by atoms with van der Waals surface area (Å²) >= 11 is 1.83. The van der Waals surface area contributed by atoms with Crippen LogP contribution in [0.1, 0.15) is 0 Å². The lowest BCUT2D eigenvalue weighted by atomic mass is 10.0. The minimum Gasteiger partial charge on any atom is -0.456 e. The zero-order chi connectivity index (χ0) is 30.2. The monoisotopic (exact) mass is 607 g/mol. The van der Waals surface area contributed by atoms with Gasteiger partial charge in [0.25, 0.3) is 0 Å². The van der Waals surface area contributed by atoms with Crippen molar-refractivity contribution < 1.29 is 8.83 Å². The lowest BCUT2D eigenvalue weighted by Crippen LogP contribution is -2.10. The topological polar surface area (TPSA) is 29.5 Å². The van der Waals surface area contributed by atoms with Crippen LogP contribution in [-0.2, 0) is 0 Å². The first-order valence-corrected chi connectivity index (χ1v) is 16.2. The Kier molecular flexibility index (Phi) is 5.45. The maximum absolute atomic E-state index is 6.95. The Morgan fingerprint density at radius 2 is 1.11 bits per heavy atom. The van der Waals surface area contributed by atoms with Crippen molar-refractivity contribution >= 4 is 92.4 Å². The first-order valence-electron chi connectivity index (χ1n) is 15.4. The second-order valence-electron chi connectivity index (χ2n) is 11.7. The Hall–Kier alpha value is -5.84. The molecule has 0 amide bonds. The molecule has 0 saturated carbocycles. The lowest BCUT2D eigenvalue weighted by Gasteiger charge is -2.26. The normalized spacial score (nSPS) is 11.9. The Balaban J connectivity index is 1.30. The van der Waals surface area contributed by atoms with Gasteiger partial charge in [0.1, 0.15) is 16.7 Å². The van der Waals surface area contributed by atoms with E-state index in [4.69, 9.17) is 8.83 Å². The van der Waals surface area contributed by atoms with Gasteiger partial charge < -0.3 is 13.7 Å². The van der Waals surface area contributed by atoms with E-state index in [9.17, 15) is 0 Å². The zero-order valence-corrected chi connectivity index (χ0v) is 25.4. The summed E-state index contributed by atoms with van der Waals surface area (Å²) in [5, 5.41) is 6.89. The number of furan rings is 2. The van der Waals surface area contributed by atoms with Crippen LogP contribution in [0.4, 0.5) is 17.1 Å². The number of hydrogen-bond donors (Lipinski definition) is 0. The number of thiophene rings is 1. The molecule has 216 valence electrons. The molecule has 7 aromatic carbocycles. The second-order valence-corrected chi connectivity index (χ2v) is 12.8. The van der Waals surface area contributed by atoms with E-state index in [1.54, 1.807) is 0 Å². The average molecular weight is 608 g/mol. The minimum atomic E-state index is 0.849. The summed E-state index contributed by atoms with van der Waals surface area (Å²) < 4.78 is 15.9. The second kappa shape index (κ2) is 9.83. The van der Waals surface area contributed by atoms with E-state index in [2.05, 4.69) is 138 Å². The van der Waals surface area contributed by atoms with E-state index >= 15 is 0 Å². The maximum Gasteiger partial charge on any atom is 0.159 e. The molecule has 3 nitrogen and oxygen atoms in total. The van der Waals surface area contributed by atoms with Crippen molar-refractivity contribution in [3.8, 4) is 11.1 Å². The molecule has 0 atom stereocenters. The van der Waals surface area contributed by atoms with Gasteiger partial charge in [-0.05, 0) is 48.0 Å². The molecule has 0 aliphatic carbocycles. The number of rotatable bonds is 4. The standard InChI is InChI=1S/C42H25NO2S/c1-2-11-26(12-3-1)28-15-8-16-31-32-17-9-19-35(42(32)45-41(28)31)43(27-23-24-30-29-13-4-6-20-36(29)44-37(30)25-27)34-18-10-22-39-40(34)33-14-5-7-21-38(33)46-39/h1-25H. The van der Waals surface area contributed by atoms with Gasteiger partial charge in [-0.3, -0.25) is 0 Å². The van der Waals surface area contributed by atoms with Gasteiger partial charge in [0, 0.05) is 53.3 Å². The predicted octanol–water partition coefficient (Wildman–Crippen LogP) is 13.0. The summed E-state index contributed by atoms with van der Waals surface area (Å²) in [7, 11) is 0. The molecule has 0 unspecified atom stereocenters.